The van der Waals surface area contributed by atoms with Crippen molar-refractivity contribution in [3.8, 4) is 0 Å². The van der Waals surface area contributed by atoms with E-state index in [0.717, 1.165) is 11.6 Å². The van der Waals surface area contributed by atoms with Crippen LogP contribution in [0.3, 0.4) is 0 Å². The van der Waals surface area contributed by atoms with Crippen molar-refractivity contribution in [2.24, 2.45) is 5.92 Å². The molecule has 0 saturated carbocycles. The number of halogens is 4. The highest BCUT2D eigenvalue weighted by Crippen LogP contribution is 2.31. The highest BCUT2D eigenvalue weighted by Gasteiger charge is 2.34. The lowest BCUT2D eigenvalue weighted by atomic mass is 9.95. The van der Waals surface area contributed by atoms with Gasteiger partial charge in [0, 0.05) is 36.6 Å². The standard InChI is InChI=1S/C19H20ClF3N4O/c1-12-25-16(19(21,22)23)10-17(26-12)27-8-6-13(7-9-27)18(28)24-11-14-4-2-3-5-15(14)20/h2-5,10,13H,6-9,11H2,1H3,(H,24,28). The number of carbonyl (C=O) groups excluding carboxylic acids is 1. The minimum Gasteiger partial charge on any atom is -0.356 e. The van der Waals surface area contributed by atoms with Crippen LogP contribution >= 0.6 is 11.6 Å². The Morgan fingerprint density at radius 1 is 1.25 bits per heavy atom. The molecule has 3 rings (SSSR count). The lowest BCUT2D eigenvalue weighted by molar-refractivity contribution is -0.141. The van der Waals surface area contributed by atoms with Crippen LogP contribution in [-0.2, 0) is 17.5 Å². The van der Waals surface area contributed by atoms with Gasteiger partial charge >= 0.3 is 6.18 Å². The van der Waals surface area contributed by atoms with Crippen LogP contribution in [0.1, 0.15) is 29.9 Å². The van der Waals surface area contributed by atoms with Gasteiger partial charge in [-0.1, -0.05) is 29.8 Å². The minimum atomic E-state index is -4.51. The fourth-order valence-corrected chi connectivity index (χ4v) is 3.40. The average molecular weight is 413 g/mol. The van der Waals surface area contributed by atoms with Gasteiger partial charge in [-0.3, -0.25) is 4.79 Å². The van der Waals surface area contributed by atoms with Crippen LogP contribution in [0.25, 0.3) is 0 Å². The molecule has 0 unspecified atom stereocenters. The number of nitrogens with zero attached hydrogens (tertiary/aromatic N) is 3. The summed E-state index contributed by atoms with van der Waals surface area (Å²) < 4.78 is 38.9. The van der Waals surface area contributed by atoms with Gasteiger partial charge in [-0.2, -0.15) is 13.2 Å². The fourth-order valence-electron chi connectivity index (χ4n) is 3.20. The van der Waals surface area contributed by atoms with Gasteiger partial charge in [-0.05, 0) is 31.4 Å². The number of nitrogens with one attached hydrogen (secondary N) is 1. The van der Waals surface area contributed by atoms with E-state index in [4.69, 9.17) is 11.6 Å². The Balaban J connectivity index is 1.58. The molecule has 28 heavy (non-hydrogen) atoms. The molecule has 0 spiro atoms. The second-order valence-corrected chi connectivity index (χ2v) is 7.13. The zero-order chi connectivity index (χ0) is 20.3. The number of amides is 1. The first-order valence-corrected chi connectivity index (χ1v) is 9.31. The Hall–Kier alpha value is -2.35. The largest absolute Gasteiger partial charge is 0.433 e. The third-order valence-electron chi connectivity index (χ3n) is 4.72. The highest BCUT2D eigenvalue weighted by atomic mass is 35.5. The summed E-state index contributed by atoms with van der Waals surface area (Å²) in [7, 11) is 0. The van der Waals surface area contributed by atoms with E-state index in [-0.39, 0.29) is 23.5 Å². The van der Waals surface area contributed by atoms with Gasteiger partial charge in [0.2, 0.25) is 5.91 Å². The van der Waals surface area contributed by atoms with Crippen LogP contribution in [0.4, 0.5) is 19.0 Å². The summed E-state index contributed by atoms with van der Waals surface area (Å²) in [4.78, 5) is 21.8. The van der Waals surface area contributed by atoms with E-state index in [1.165, 1.54) is 6.92 Å². The van der Waals surface area contributed by atoms with Gasteiger partial charge in [0.25, 0.3) is 0 Å². The second-order valence-electron chi connectivity index (χ2n) is 6.73. The fraction of sp³-hybridized carbons (Fsp3) is 0.421. The molecule has 1 aromatic carbocycles. The van der Waals surface area contributed by atoms with E-state index in [1.54, 1.807) is 11.0 Å². The number of piperidine rings is 1. The maximum atomic E-state index is 13.0. The van der Waals surface area contributed by atoms with Gasteiger partial charge in [-0.25, -0.2) is 9.97 Å². The van der Waals surface area contributed by atoms with Crippen LogP contribution in [0.15, 0.2) is 30.3 Å². The molecule has 1 aromatic heterocycles. The molecular weight excluding hydrogens is 393 g/mol. The molecule has 0 aliphatic carbocycles. The first kappa shape index (κ1) is 20.4. The van der Waals surface area contributed by atoms with Gasteiger partial charge in [0.1, 0.15) is 17.3 Å². The van der Waals surface area contributed by atoms with E-state index >= 15 is 0 Å². The molecule has 2 heterocycles. The van der Waals surface area contributed by atoms with Gasteiger partial charge in [0.15, 0.2) is 0 Å². The number of aromatic nitrogens is 2. The summed E-state index contributed by atoms with van der Waals surface area (Å²) in [6.07, 6.45) is -3.43. The zero-order valence-electron chi connectivity index (χ0n) is 15.3. The summed E-state index contributed by atoms with van der Waals surface area (Å²) in [5.74, 6) is 0.0531. The lowest BCUT2D eigenvalue weighted by Gasteiger charge is -2.32. The summed E-state index contributed by atoms with van der Waals surface area (Å²) >= 11 is 6.09. The van der Waals surface area contributed by atoms with Crippen LogP contribution < -0.4 is 10.2 Å². The smallest absolute Gasteiger partial charge is 0.356 e. The molecule has 1 fully saturated rings. The van der Waals surface area contributed by atoms with Gasteiger partial charge in [-0.15, -0.1) is 0 Å². The van der Waals surface area contributed by atoms with Crippen molar-refractivity contribution in [2.75, 3.05) is 18.0 Å². The molecule has 0 bridgehead atoms. The van der Waals surface area contributed by atoms with Crippen molar-refractivity contribution in [1.82, 2.24) is 15.3 Å². The number of alkyl halides is 3. The number of benzene rings is 1. The van der Waals surface area contributed by atoms with E-state index in [9.17, 15) is 18.0 Å². The highest BCUT2D eigenvalue weighted by molar-refractivity contribution is 6.31. The Labute approximate surface area is 165 Å². The summed E-state index contributed by atoms with van der Waals surface area (Å²) in [6, 6.07) is 8.25. The van der Waals surface area contributed by atoms with Crippen molar-refractivity contribution in [3.63, 3.8) is 0 Å². The molecule has 5 nitrogen and oxygen atoms in total. The monoisotopic (exact) mass is 412 g/mol. The van der Waals surface area contributed by atoms with Crippen molar-refractivity contribution < 1.29 is 18.0 Å². The van der Waals surface area contributed by atoms with E-state index in [1.807, 2.05) is 18.2 Å². The maximum absolute atomic E-state index is 13.0. The molecule has 1 aliphatic rings. The molecule has 0 radical (unpaired) electrons. The van der Waals surface area contributed by atoms with Crippen molar-refractivity contribution in [3.05, 3.63) is 52.4 Å². The molecule has 1 N–H and O–H groups in total. The van der Waals surface area contributed by atoms with Gasteiger partial charge < -0.3 is 10.2 Å². The van der Waals surface area contributed by atoms with Crippen LogP contribution in [0.5, 0.6) is 0 Å². The van der Waals surface area contributed by atoms with E-state index < -0.39 is 11.9 Å². The lowest BCUT2D eigenvalue weighted by Crippen LogP contribution is -2.40. The average Bonchev–Trinajstić information content (AvgIpc) is 2.66. The molecule has 9 heteroatoms. The normalized spacial score (nSPS) is 15.5. The predicted octanol–water partition coefficient (Wildman–Crippen LogP) is 3.99. The molecule has 1 aliphatic heterocycles. The SMILES string of the molecule is Cc1nc(N2CCC(C(=O)NCc3ccccc3Cl)CC2)cc(C(F)(F)F)n1. The summed E-state index contributed by atoms with van der Waals surface area (Å²) in [6.45, 7) is 2.70. The Morgan fingerprint density at radius 3 is 2.57 bits per heavy atom. The number of hydrogen-bond donors (Lipinski definition) is 1. The Kier molecular flexibility index (Phi) is 6.07. The topological polar surface area (TPSA) is 58.1 Å². The van der Waals surface area contributed by atoms with Crippen molar-refractivity contribution >= 4 is 23.3 Å². The maximum Gasteiger partial charge on any atom is 0.433 e. The van der Waals surface area contributed by atoms with Crippen molar-refractivity contribution in [1.29, 1.82) is 0 Å². The first-order valence-electron chi connectivity index (χ1n) is 8.93. The van der Waals surface area contributed by atoms with E-state index in [2.05, 4.69) is 15.3 Å². The van der Waals surface area contributed by atoms with Crippen LogP contribution in [-0.4, -0.2) is 29.0 Å². The predicted molar refractivity (Wildman–Crippen MR) is 100 cm³/mol. The molecular formula is C19H20ClF3N4O. The number of anilines is 1. The van der Waals surface area contributed by atoms with Crippen molar-refractivity contribution in [2.45, 2.75) is 32.5 Å². The first-order chi connectivity index (χ1) is 13.2. The second kappa shape index (κ2) is 8.34. The number of hydrogen-bond acceptors (Lipinski definition) is 4. The number of aryl methyl sites for hydroxylation is 1. The molecule has 1 saturated heterocycles. The summed E-state index contributed by atoms with van der Waals surface area (Å²) in [5.41, 5.74) is -0.110. The molecule has 2 aromatic rings. The van der Waals surface area contributed by atoms with Crippen LogP contribution in [0.2, 0.25) is 5.02 Å². The molecule has 0 atom stereocenters. The zero-order valence-corrected chi connectivity index (χ0v) is 16.0. The van der Waals surface area contributed by atoms with Gasteiger partial charge in [0.05, 0.1) is 0 Å². The third-order valence-corrected chi connectivity index (χ3v) is 5.08. The van der Waals surface area contributed by atoms with Crippen LogP contribution in [0, 0.1) is 12.8 Å². The quantitative estimate of drug-likeness (QED) is 0.825. The number of rotatable bonds is 4. The molecule has 150 valence electrons. The Bertz CT molecular complexity index is 851. The molecule has 1 amide bonds. The van der Waals surface area contributed by atoms with E-state index in [0.29, 0.717) is 37.5 Å². The minimum absolute atomic E-state index is 0.0735. The third kappa shape index (κ3) is 4.92. The Morgan fingerprint density at radius 2 is 1.93 bits per heavy atom. The number of carbonyl (C=O) groups is 1. The summed E-state index contributed by atoms with van der Waals surface area (Å²) in [5, 5.41) is 3.48.